The number of carbonyl (C=O) groups excluding carboxylic acids is 1. The van der Waals surface area contributed by atoms with Crippen molar-refractivity contribution in [3.05, 3.63) is 52.4 Å². The van der Waals surface area contributed by atoms with E-state index in [1.165, 1.54) is 25.3 Å². The predicted octanol–water partition coefficient (Wildman–Crippen LogP) is 3.07. The number of hydrogen-bond acceptors (Lipinski definition) is 5. The first-order valence-corrected chi connectivity index (χ1v) is 8.57. The monoisotopic (exact) mass is 357 g/mol. The Balaban J connectivity index is 2.33. The zero-order chi connectivity index (χ0) is 17.2. The molecule has 1 N–H and O–H groups in total. The van der Waals surface area contributed by atoms with Gasteiger partial charge in [0.25, 0.3) is 0 Å². The molecule has 8 heteroatoms. The second kappa shape index (κ2) is 6.74. The second-order valence-electron chi connectivity index (χ2n) is 4.93. The Morgan fingerprint density at radius 2 is 2.00 bits per heavy atom. The van der Waals surface area contributed by atoms with Crippen molar-refractivity contribution in [2.45, 2.75) is 24.8 Å². The van der Waals surface area contributed by atoms with E-state index in [4.69, 9.17) is 16.0 Å². The van der Waals surface area contributed by atoms with Gasteiger partial charge in [-0.05, 0) is 44.2 Å². The van der Waals surface area contributed by atoms with Crippen LogP contribution in [0.3, 0.4) is 0 Å². The fourth-order valence-electron chi connectivity index (χ4n) is 1.99. The molecule has 1 atom stereocenters. The highest BCUT2D eigenvalue weighted by molar-refractivity contribution is 7.89. The molecule has 1 heterocycles. The number of hydrogen-bond donors (Lipinski definition) is 1. The minimum Gasteiger partial charge on any atom is -0.465 e. The van der Waals surface area contributed by atoms with Crippen LogP contribution in [0.1, 0.15) is 34.8 Å². The summed E-state index contributed by atoms with van der Waals surface area (Å²) in [6.07, 6.45) is 0. The molecule has 0 aliphatic carbocycles. The van der Waals surface area contributed by atoms with Crippen molar-refractivity contribution < 1.29 is 22.4 Å². The van der Waals surface area contributed by atoms with Crippen molar-refractivity contribution in [3.63, 3.8) is 0 Å². The predicted molar refractivity (Wildman–Crippen MR) is 85.0 cm³/mol. The molecule has 0 aliphatic heterocycles. The Bertz CT molecular complexity index is 828. The van der Waals surface area contributed by atoms with E-state index in [2.05, 4.69) is 9.46 Å². The minimum atomic E-state index is -3.94. The maximum atomic E-state index is 12.5. The van der Waals surface area contributed by atoms with Gasteiger partial charge in [-0.3, -0.25) is 0 Å². The molecular formula is C15H16ClNO5S. The maximum absolute atomic E-state index is 12.5. The number of rotatable bonds is 5. The fraction of sp³-hybridized carbons (Fsp3) is 0.267. The van der Waals surface area contributed by atoms with Crippen LogP contribution in [0, 0.1) is 6.92 Å². The Hall–Kier alpha value is -1.83. The summed E-state index contributed by atoms with van der Waals surface area (Å²) in [5.74, 6) is 0.510. The number of halogens is 1. The third-order valence-corrected chi connectivity index (χ3v) is 5.18. The Labute approximate surface area is 139 Å². The zero-order valence-electron chi connectivity index (χ0n) is 12.8. The number of nitrogens with one attached hydrogen (secondary N) is 1. The van der Waals surface area contributed by atoms with E-state index in [0.29, 0.717) is 11.5 Å². The van der Waals surface area contributed by atoms with Crippen molar-refractivity contribution in [2.75, 3.05) is 7.11 Å². The second-order valence-corrected chi connectivity index (χ2v) is 7.02. The van der Waals surface area contributed by atoms with Crippen LogP contribution in [0.15, 0.2) is 39.6 Å². The number of methoxy groups -OCH3 is 1. The summed E-state index contributed by atoms with van der Waals surface area (Å²) < 4.78 is 37.5. The van der Waals surface area contributed by atoms with Gasteiger partial charge in [0.15, 0.2) is 0 Å². The first-order valence-electron chi connectivity index (χ1n) is 6.71. The van der Waals surface area contributed by atoms with Crippen LogP contribution in [0.25, 0.3) is 0 Å². The summed E-state index contributed by atoms with van der Waals surface area (Å²) in [5, 5.41) is 0.00739. The van der Waals surface area contributed by atoms with Crippen LogP contribution in [0.2, 0.25) is 5.02 Å². The molecular weight excluding hydrogens is 342 g/mol. The van der Waals surface area contributed by atoms with E-state index in [1.807, 2.05) is 0 Å². The molecule has 0 fully saturated rings. The topological polar surface area (TPSA) is 85.6 Å². The molecule has 2 aromatic rings. The molecule has 0 bridgehead atoms. The van der Waals surface area contributed by atoms with E-state index in [1.54, 1.807) is 26.0 Å². The van der Waals surface area contributed by atoms with Gasteiger partial charge in [-0.1, -0.05) is 11.6 Å². The number of esters is 1. The lowest BCUT2D eigenvalue weighted by molar-refractivity contribution is 0.0600. The van der Waals surface area contributed by atoms with E-state index >= 15 is 0 Å². The largest absolute Gasteiger partial charge is 0.465 e. The Kier molecular flexibility index (Phi) is 5.13. The smallest absolute Gasteiger partial charge is 0.337 e. The Morgan fingerprint density at radius 3 is 2.57 bits per heavy atom. The summed E-state index contributed by atoms with van der Waals surface area (Å²) in [5.41, 5.74) is 0.0961. The number of aryl methyl sites for hydroxylation is 1. The van der Waals surface area contributed by atoms with Gasteiger partial charge in [0, 0.05) is 0 Å². The number of carbonyl (C=O) groups is 1. The fourth-order valence-corrected chi connectivity index (χ4v) is 3.73. The van der Waals surface area contributed by atoms with Gasteiger partial charge < -0.3 is 9.15 Å². The first kappa shape index (κ1) is 17.5. The molecule has 124 valence electrons. The molecule has 0 saturated carbocycles. The molecule has 0 saturated heterocycles. The average Bonchev–Trinajstić information content (AvgIpc) is 2.93. The van der Waals surface area contributed by atoms with Gasteiger partial charge in [-0.15, -0.1) is 0 Å². The number of furan rings is 1. The third kappa shape index (κ3) is 3.93. The first-order chi connectivity index (χ1) is 10.7. The average molecular weight is 358 g/mol. The number of benzene rings is 1. The highest BCUT2D eigenvalue weighted by atomic mass is 35.5. The molecule has 1 aromatic heterocycles. The lowest BCUT2D eigenvalue weighted by atomic mass is 10.2. The summed E-state index contributed by atoms with van der Waals surface area (Å²) in [4.78, 5) is 11.4. The third-order valence-electron chi connectivity index (χ3n) is 3.16. The van der Waals surface area contributed by atoms with Gasteiger partial charge in [0.1, 0.15) is 16.4 Å². The van der Waals surface area contributed by atoms with Gasteiger partial charge in [0.05, 0.1) is 23.7 Å². The van der Waals surface area contributed by atoms with E-state index in [9.17, 15) is 13.2 Å². The number of ether oxygens (including phenoxy) is 1. The van der Waals surface area contributed by atoms with Crippen LogP contribution < -0.4 is 4.72 Å². The van der Waals surface area contributed by atoms with Crippen LogP contribution >= 0.6 is 11.6 Å². The molecule has 0 radical (unpaired) electrons. The lowest BCUT2D eigenvalue weighted by Crippen LogP contribution is -2.27. The molecule has 0 amide bonds. The van der Waals surface area contributed by atoms with Crippen molar-refractivity contribution >= 4 is 27.6 Å². The zero-order valence-corrected chi connectivity index (χ0v) is 14.4. The van der Waals surface area contributed by atoms with Gasteiger partial charge >= 0.3 is 5.97 Å². The maximum Gasteiger partial charge on any atom is 0.337 e. The summed E-state index contributed by atoms with van der Waals surface area (Å²) >= 11 is 5.97. The highest BCUT2D eigenvalue weighted by Gasteiger charge is 2.24. The molecule has 1 unspecified atom stereocenters. The molecule has 1 aromatic carbocycles. The Morgan fingerprint density at radius 1 is 1.30 bits per heavy atom. The van der Waals surface area contributed by atoms with Crippen molar-refractivity contribution in [1.82, 2.24) is 4.72 Å². The van der Waals surface area contributed by atoms with Crippen LogP contribution in [-0.2, 0) is 14.8 Å². The summed E-state index contributed by atoms with van der Waals surface area (Å²) in [6, 6.07) is 6.75. The van der Waals surface area contributed by atoms with Crippen molar-refractivity contribution in [1.29, 1.82) is 0 Å². The summed E-state index contributed by atoms with van der Waals surface area (Å²) in [7, 11) is -2.73. The SMILES string of the molecule is COC(=O)c1ccc(Cl)c(S(=O)(=O)NC(C)c2ccc(C)o2)c1. The van der Waals surface area contributed by atoms with Crippen LogP contribution in [0.5, 0.6) is 0 Å². The molecule has 0 aliphatic rings. The lowest BCUT2D eigenvalue weighted by Gasteiger charge is -2.13. The normalized spacial score (nSPS) is 12.9. The van der Waals surface area contributed by atoms with E-state index < -0.39 is 22.0 Å². The van der Waals surface area contributed by atoms with E-state index in [0.717, 1.165) is 0 Å². The molecule has 2 rings (SSSR count). The van der Waals surface area contributed by atoms with Gasteiger partial charge in [0.2, 0.25) is 10.0 Å². The number of sulfonamides is 1. The van der Waals surface area contributed by atoms with E-state index in [-0.39, 0.29) is 15.5 Å². The van der Waals surface area contributed by atoms with Crippen molar-refractivity contribution in [2.24, 2.45) is 0 Å². The quantitative estimate of drug-likeness (QED) is 0.831. The standard InChI is InChI=1S/C15H16ClNO5S/c1-9-4-7-13(22-9)10(2)17-23(19,20)14-8-11(15(18)21-3)5-6-12(14)16/h4-8,10,17H,1-3H3. The van der Waals surface area contributed by atoms with Crippen LogP contribution in [-0.4, -0.2) is 21.5 Å². The molecule has 6 nitrogen and oxygen atoms in total. The highest BCUT2D eigenvalue weighted by Crippen LogP contribution is 2.25. The minimum absolute atomic E-state index is 0.00739. The summed E-state index contributed by atoms with van der Waals surface area (Å²) in [6.45, 7) is 3.41. The molecule has 0 spiro atoms. The van der Waals surface area contributed by atoms with Crippen molar-refractivity contribution in [3.8, 4) is 0 Å². The van der Waals surface area contributed by atoms with Gasteiger partial charge in [-0.2, -0.15) is 0 Å². The van der Waals surface area contributed by atoms with Gasteiger partial charge in [-0.25, -0.2) is 17.9 Å². The molecule has 23 heavy (non-hydrogen) atoms. The van der Waals surface area contributed by atoms with Crippen LogP contribution in [0.4, 0.5) is 0 Å².